The van der Waals surface area contributed by atoms with Crippen molar-refractivity contribution < 1.29 is 9.90 Å². The zero-order chi connectivity index (χ0) is 13.6. The van der Waals surface area contributed by atoms with Crippen LogP contribution in [0.15, 0.2) is 0 Å². The van der Waals surface area contributed by atoms with E-state index in [-0.39, 0.29) is 5.92 Å². The number of carboxylic acids is 1. The Morgan fingerprint density at radius 2 is 1.68 bits per heavy atom. The lowest BCUT2D eigenvalue weighted by Gasteiger charge is -2.60. The van der Waals surface area contributed by atoms with E-state index >= 15 is 0 Å². The summed E-state index contributed by atoms with van der Waals surface area (Å²) >= 11 is 0. The van der Waals surface area contributed by atoms with Gasteiger partial charge in [-0.2, -0.15) is 0 Å². The molecule has 0 spiro atoms. The molecule has 0 aromatic carbocycles. The predicted octanol–water partition coefficient (Wildman–Crippen LogP) is 3.00. The molecule has 4 aliphatic carbocycles. The van der Waals surface area contributed by atoms with Gasteiger partial charge in [-0.05, 0) is 62.8 Å². The highest BCUT2D eigenvalue weighted by Gasteiger charge is 2.53. The van der Waals surface area contributed by atoms with Crippen molar-refractivity contribution in [3.63, 3.8) is 0 Å². The molecule has 4 rings (SSSR count). The van der Waals surface area contributed by atoms with Gasteiger partial charge in [-0.15, -0.1) is 0 Å². The highest BCUT2D eigenvalue weighted by Crippen LogP contribution is 2.57. The molecule has 0 aromatic heterocycles. The van der Waals surface area contributed by atoms with E-state index in [2.05, 4.69) is 11.8 Å². The van der Waals surface area contributed by atoms with Gasteiger partial charge in [0.15, 0.2) is 0 Å². The van der Waals surface area contributed by atoms with Gasteiger partial charge in [-0.3, -0.25) is 9.69 Å². The molecule has 19 heavy (non-hydrogen) atoms. The maximum Gasteiger partial charge on any atom is 0.307 e. The first-order chi connectivity index (χ1) is 9.02. The number of hydrogen-bond donors (Lipinski definition) is 1. The molecule has 0 amide bonds. The minimum atomic E-state index is -0.650. The number of carboxylic acid groups (broad SMARTS) is 1. The number of rotatable bonds is 5. The second kappa shape index (κ2) is 4.76. The van der Waals surface area contributed by atoms with E-state index in [0.717, 1.165) is 30.8 Å². The zero-order valence-electron chi connectivity index (χ0n) is 12.3. The zero-order valence-corrected chi connectivity index (χ0v) is 12.3. The maximum atomic E-state index is 11.2. The van der Waals surface area contributed by atoms with E-state index in [4.69, 9.17) is 0 Å². The first kappa shape index (κ1) is 13.4. The third kappa shape index (κ3) is 2.31. The summed E-state index contributed by atoms with van der Waals surface area (Å²) in [5.41, 5.74) is 0.354. The molecule has 4 saturated carbocycles. The molecule has 0 aromatic rings. The molecule has 4 fully saturated rings. The summed E-state index contributed by atoms with van der Waals surface area (Å²) in [6.07, 6.45) is 8.35. The summed E-state index contributed by atoms with van der Waals surface area (Å²) < 4.78 is 0. The average Bonchev–Trinajstić information content (AvgIpc) is 2.33. The molecule has 108 valence electrons. The number of nitrogens with zero attached hydrogens (tertiary/aromatic N) is 1. The van der Waals surface area contributed by atoms with Crippen molar-refractivity contribution in [2.24, 2.45) is 23.7 Å². The van der Waals surface area contributed by atoms with Crippen LogP contribution in [-0.4, -0.2) is 34.6 Å². The van der Waals surface area contributed by atoms with Gasteiger partial charge in [0, 0.05) is 12.1 Å². The Balaban J connectivity index is 1.77. The van der Waals surface area contributed by atoms with E-state index in [1.54, 1.807) is 0 Å². The summed E-state index contributed by atoms with van der Waals surface area (Å²) in [5, 5.41) is 9.18. The minimum absolute atomic E-state index is 0.243. The Hall–Kier alpha value is -0.570. The van der Waals surface area contributed by atoms with Crippen molar-refractivity contribution in [3.8, 4) is 0 Å². The molecule has 0 radical (unpaired) electrons. The van der Waals surface area contributed by atoms with Crippen molar-refractivity contribution in [1.82, 2.24) is 4.90 Å². The smallest absolute Gasteiger partial charge is 0.307 e. The first-order valence-electron chi connectivity index (χ1n) is 8.00. The maximum absolute atomic E-state index is 11.2. The summed E-state index contributed by atoms with van der Waals surface area (Å²) in [4.78, 5) is 13.7. The fourth-order valence-electron chi connectivity index (χ4n) is 5.52. The van der Waals surface area contributed by atoms with Gasteiger partial charge >= 0.3 is 5.97 Å². The van der Waals surface area contributed by atoms with Crippen molar-refractivity contribution in [2.75, 3.05) is 13.1 Å². The van der Waals surface area contributed by atoms with E-state index in [1.165, 1.54) is 38.5 Å². The fourth-order valence-corrected chi connectivity index (χ4v) is 5.52. The molecule has 4 bridgehead atoms. The van der Waals surface area contributed by atoms with E-state index in [9.17, 15) is 9.90 Å². The molecule has 4 aliphatic rings. The van der Waals surface area contributed by atoms with Crippen LogP contribution in [0.5, 0.6) is 0 Å². The lowest BCUT2D eigenvalue weighted by atomic mass is 9.52. The summed E-state index contributed by atoms with van der Waals surface area (Å²) in [5.74, 6) is 1.90. The highest BCUT2D eigenvalue weighted by molar-refractivity contribution is 5.69. The minimum Gasteiger partial charge on any atom is -0.481 e. The van der Waals surface area contributed by atoms with E-state index in [1.807, 2.05) is 6.92 Å². The van der Waals surface area contributed by atoms with Crippen LogP contribution in [0.25, 0.3) is 0 Å². The van der Waals surface area contributed by atoms with Crippen LogP contribution in [0, 0.1) is 23.7 Å². The van der Waals surface area contributed by atoms with Crippen molar-refractivity contribution >= 4 is 5.97 Å². The van der Waals surface area contributed by atoms with Crippen LogP contribution in [-0.2, 0) is 4.79 Å². The van der Waals surface area contributed by atoms with Gasteiger partial charge in [-0.25, -0.2) is 0 Å². The lowest BCUT2D eigenvalue weighted by molar-refractivity contribution is -0.144. The quantitative estimate of drug-likeness (QED) is 0.830. The molecule has 0 saturated heterocycles. The van der Waals surface area contributed by atoms with Crippen LogP contribution >= 0.6 is 0 Å². The molecular weight excluding hydrogens is 238 g/mol. The number of aliphatic carboxylic acids is 1. The lowest BCUT2D eigenvalue weighted by Crippen LogP contribution is -2.60. The SMILES string of the molecule is CCN(CC(C)C(=O)O)C12CC3CC(CC(C3)C1)C2. The van der Waals surface area contributed by atoms with Crippen LogP contribution in [0.1, 0.15) is 52.4 Å². The molecular formula is C16H27NO2. The van der Waals surface area contributed by atoms with Crippen LogP contribution < -0.4 is 0 Å². The summed E-state index contributed by atoms with van der Waals surface area (Å²) in [6.45, 7) is 5.79. The van der Waals surface area contributed by atoms with Crippen LogP contribution in [0.4, 0.5) is 0 Å². The predicted molar refractivity (Wildman–Crippen MR) is 74.9 cm³/mol. The second-order valence-electron chi connectivity index (χ2n) is 7.42. The standard InChI is InChI=1S/C16H27NO2/c1-3-17(10-11(2)15(18)19)16-7-12-4-13(8-16)6-14(5-12)9-16/h11-14H,3-10H2,1-2H3,(H,18,19). The second-order valence-corrected chi connectivity index (χ2v) is 7.42. The van der Waals surface area contributed by atoms with Crippen molar-refractivity contribution in [3.05, 3.63) is 0 Å². The third-order valence-corrected chi connectivity index (χ3v) is 5.97. The largest absolute Gasteiger partial charge is 0.481 e. The van der Waals surface area contributed by atoms with E-state index < -0.39 is 5.97 Å². The van der Waals surface area contributed by atoms with Gasteiger partial charge < -0.3 is 5.11 Å². The third-order valence-electron chi connectivity index (χ3n) is 5.97. The normalized spacial score (nSPS) is 41.7. The Morgan fingerprint density at radius 1 is 1.21 bits per heavy atom. The number of hydrogen-bond acceptors (Lipinski definition) is 2. The van der Waals surface area contributed by atoms with Crippen molar-refractivity contribution in [1.29, 1.82) is 0 Å². The first-order valence-corrected chi connectivity index (χ1v) is 8.00. The fraction of sp³-hybridized carbons (Fsp3) is 0.938. The topological polar surface area (TPSA) is 40.5 Å². The summed E-state index contributed by atoms with van der Waals surface area (Å²) in [7, 11) is 0. The summed E-state index contributed by atoms with van der Waals surface area (Å²) in [6, 6.07) is 0. The highest BCUT2D eigenvalue weighted by atomic mass is 16.4. The van der Waals surface area contributed by atoms with Crippen LogP contribution in [0.2, 0.25) is 0 Å². The Kier molecular flexibility index (Phi) is 3.36. The van der Waals surface area contributed by atoms with Gasteiger partial charge in [0.25, 0.3) is 0 Å². The van der Waals surface area contributed by atoms with Crippen molar-refractivity contribution in [2.45, 2.75) is 57.9 Å². The monoisotopic (exact) mass is 265 g/mol. The Morgan fingerprint density at radius 3 is 2.05 bits per heavy atom. The van der Waals surface area contributed by atoms with Gasteiger partial charge in [0.1, 0.15) is 0 Å². The Labute approximate surface area is 116 Å². The van der Waals surface area contributed by atoms with Gasteiger partial charge in [0.05, 0.1) is 5.92 Å². The van der Waals surface area contributed by atoms with Gasteiger partial charge in [0.2, 0.25) is 0 Å². The molecule has 3 heteroatoms. The van der Waals surface area contributed by atoms with Crippen LogP contribution in [0.3, 0.4) is 0 Å². The molecule has 1 atom stereocenters. The molecule has 3 nitrogen and oxygen atoms in total. The molecule has 1 N–H and O–H groups in total. The molecule has 0 heterocycles. The number of carbonyl (C=O) groups is 1. The van der Waals surface area contributed by atoms with Gasteiger partial charge in [-0.1, -0.05) is 13.8 Å². The Bertz CT molecular complexity index is 330. The molecule has 1 unspecified atom stereocenters. The molecule has 0 aliphatic heterocycles. The van der Waals surface area contributed by atoms with E-state index in [0.29, 0.717) is 5.54 Å². The average molecular weight is 265 g/mol.